The van der Waals surface area contributed by atoms with E-state index in [1.54, 1.807) is 17.1 Å². The molecule has 0 aliphatic rings. The fraction of sp³-hybridized carbons (Fsp3) is 0.333. The molecule has 1 aromatic carbocycles. The third-order valence-electron chi connectivity index (χ3n) is 2.95. The summed E-state index contributed by atoms with van der Waals surface area (Å²) in [5.74, 6) is -0.0901. The van der Waals surface area contributed by atoms with Gasteiger partial charge in [0.05, 0.1) is 17.4 Å². The van der Waals surface area contributed by atoms with E-state index in [9.17, 15) is 4.79 Å². The highest BCUT2D eigenvalue weighted by Gasteiger charge is 2.11. The number of hydrogen-bond acceptors (Lipinski definition) is 2. The third kappa shape index (κ3) is 3.93. The summed E-state index contributed by atoms with van der Waals surface area (Å²) in [5, 5.41) is 7.12. The van der Waals surface area contributed by atoms with Gasteiger partial charge in [-0.05, 0) is 18.6 Å². The summed E-state index contributed by atoms with van der Waals surface area (Å²) in [6.07, 6.45) is 5.47. The van der Waals surface area contributed by atoms with Crippen LogP contribution in [0.1, 0.15) is 30.1 Å². The number of carbonyl (C=O) groups excluding carboxylic acids is 1. The molecule has 1 amide bonds. The van der Waals surface area contributed by atoms with Crippen LogP contribution >= 0.6 is 15.9 Å². The molecule has 1 unspecified atom stereocenters. The molecule has 4 nitrogen and oxygen atoms in total. The van der Waals surface area contributed by atoms with Gasteiger partial charge in [-0.15, -0.1) is 0 Å². The number of nitrogens with one attached hydrogen (secondary N) is 1. The Morgan fingerprint density at radius 3 is 2.85 bits per heavy atom. The van der Waals surface area contributed by atoms with Gasteiger partial charge in [-0.2, -0.15) is 5.10 Å². The van der Waals surface area contributed by atoms with Crippen molar-refractivity contribution in [3.05, 3.63) is 48.3 Å². The summed E-state index contributed by atoms with van der Waals surface area (Å²) in [6.45, 7) is 2.75. The highest BCUT2D eigenvalue weighted by molar-refractivity contribution is 9.09. The molecule has 0 saturated heterocycles. The number of hydrogen-bond donors (Lipinski definition) is 1. The first-order valence-electron chi connectivity index (χ1n) is 6.73. The summed E-state index contributed by atoms with van der Waals surface area (Å²) in [7, 11) is 0. The van der Waals surface area contributed by atoms with E-state index in [-0.39, 0.29) is 5.91 Å². The van der Waals surface area contributed by atoms with Crippen LogP contribution in [0.4, 0.5) is 0 Å². The molecule has 0 bridgehead atoms. The number of carbonyl (C=O) groups is 1. The number of amides is 1. The Labute approximate surface area is 127 Å². The summed E-state index contributed by atoms with van der Waals surface area (Å²) < 4.78 is 1.70. The molecule has 0 aliphatic heterocycles. The Hall–Kier alpha value is -1.62. The van der Waals surface area contributed by atoms with Gasteiger partial charge in [0.2, 0.25) is 0 Å². The van der Waals surface area contributed by atoms with E-state index in [1.165, 1.54) is 0 Å². The first-order chi connectivity index (χ1) is 9.70. The first-order valence-corrected chi connectivity index (χ1v) is 7.64. The highest BCUT2D eigenvalue weighted by atomic mass is 79.9. The van der Waals surface area contributed by atoms with Gasteiger partial charge in [-0.1, -0.05) is 47.5 Å². The second kappa shape index (κ2) is 7.24. The third-order valence-corrected chi connectivity index (χ3v) is 3.73. The van der Waals surface area contributed by atoms with E-state index in [1.807, 2.05) is 30.3 Å². The minimum absolute atomic E-state index is 0.0901. The number of benzene rings is 1. The lowest BCUT2D eigenvalue weighted by molar-refractivity contribution is 0.0953. The van der Waals surface area contributed by atoms with Crippen LogP contribution < -0.4 is 5.32 Å². The molecule has 1 N–H and O–H groups in total. The number of rotatable bonds is 6. The average Bonchev–Trinajstić information content (AvgIpc) is 2.96. The highest BCUT2D eigenvalue weighted by Crippen LogP contribution is 2.09. The van der Waals surface area contributed by atoms with Crippen LogP contribution in [-0.2, 0) is 0 Å². The largest absolute Gasteiger partial charge is 0.351 e. The fourth-order valence-corrected chi connectivity index (χ4v) is 2.50. The van der Waals surface area contributed by atoms with Crippen LogP contribution in [-0.4, -0.2) is 27.1 Å². The van der Waals surface area contributed by atoms with Gasteiger partial charge in [0.25, 0.3) is 5.91 Å². The van der Waals surface area contributed by atoms with Crippen molar-refractivity contribution < 1.29 is 4.79 Å². The molecule has 1 heterocycles. The summed E-state index contributed by atoms with van der Waals surface area (Å²) >= 11 is 3.55. The predicted octanol–water partition coefficient (Wildman–Crippen LogP) is 3.17. The van der Waals surface area contributed by atoms with Crippen molar-refractivity contribution in [3.63, 3.8) is 0 Å². The second-order valence-electron chi connectivity index (χ2n) is 4.61. The normalized spacial score (nSPS) is 12.1. The molecule has 0 aliphatic carbocycles. The smallest absolute Gasteiger partial charge is 0.254 e. The number of alkyl halides is 1. The zero-order chi connectivity index (χ0) is 14.4. The van der Waals surface area contributed by atoms with E-state index >= 15 is 0 Å². The Kier molecular flexibility index (Phi) is 5.35. The zero-order valence-electron chi connectivity index (χ0n) is 11.4. The average molecular weight is 336 g/mol. The molecular weight excluding hydrogens is 318 g/mol. The molecule has 1 aromatic heterocycles. The lowest BCUT2D eigenvalue weighted by atomic mass is 10.2. The number of nitrogens with zero attached hydrogens (tertiary/aromatic N) is 2. The van der Waals surface area contributed by atoms with Gasteiger partial charge in [0, 0.05) is 17.6 Å². The van der Waals surface area contributed by atoms with Gasteiger partial charge < -0.3 is 5.32 Å². The monoisotopic (exact) mass is 335 g/mol. The van der Waals surface area contributed by atoms with Gasteiger partial charge in [-0.25, -0.2) is 4.68 Å². The number of aromatic nitrogens is 2. The lowest BCUT2D eigenvalue weighted by Crippen LogP contribution is -2.29. The van der Waals surface area contributed by atoms with Crippen molar-refractivity contribution in [1.82, 2.24) is 15.1 Å². The number of para-hydroxylation sites is 1. The topological polar surface area (TPSA) is 46.9 Å². The first kappa shape index (κ1) is 14.8. The SMILES string of the molecule is CCCC(Br)CNC(=O)c1cnn(-c2ccccc2)c1. The Bertz CT molecular complexity index is 553. The van der Waals surface area contributed by atoms with Crippen LogP contribution in [0.2, 0.25) is 0 Å². The standard InChI is InChI=1S/C15H18BrN3O/c1-2-6-13(16)10-17-15(20)12-9-18-19(11-12)14-7-4-3-5-8-14/h3-5,7-9,11,13H,2,6,10H2,1H3,(H,17,20). The molecular formula is C15H18BrN3O. The van der Waals surface area contributed by atoms with Crippen LogP contribution in [0.15, 0.2) is 42.7 Å². The van der Waals surface area contributed by atoms with Crippen LogP contribution in [0.5, 0.6) is 0 Å². The molecule has 1 atom stereocenters. The molecule has 2 rings (SSSR count). The number of halogens is 1. The summed E-state index contributed by atoms with van der Waals surface area (Å²) in [5.41, 5.74) is 1.51. The van der Waals surface area contributed by atoms with Crippen molar-refractivity contribution >= 4 is 21.8 Å². The zero-order valence-corrected chi connectivity index (χ0v) is 13.0. The predicted molar refractivity (Wildman–Crippen MR) is 83.5 cm³/mol. The van der Waals surface area contributed by atoms with Crippen LogP contribution in [0.3, 0.4) is 0 Å². The van der Waals surface area contributed by atoms with Crippen molar-refractivity contribution in [2.75, 3.05) is 6.54 Å². The molecule has 0 radical (unpaired) electrons. The second-order valence-corrected chi connectivity index (χ2v) is 5.90. The van der Waals surface area contributed by atoms with Crippen molar-refractivity contribution in [2.45, 2.75) is 24.6 Å². The molecule has 0 spiro atoms. The van der Waals surface area contributed by atoms with Gasteiger partial charge in [0.1, 0.15) is 0 Å². The Morgan fingerprint density at radius 2 is 2.15 bits per heavy atom. The van der Waals surface area contributed by atoms with E-state index < -0.39 is 0 Å². The van der Waals surface area contributed by atoms with Crippen molar-refractivity contribution in [3.8, 4) is 5.69 Å². The van der Waals surface area contributed by atoms with Crippen molar-refractivity contribution in [1.29, 1.82) is 0 Å². The molecule has 106 valence electrons. The van der Waals surface area contributed by atoms with Crippen LogP contribution in [0, 0.1) is 0 Å². The minimum atomic E-state index is -0.0901. The van der Waals surface area contributed by atoms with E-state index in [0.717, 1.165) is 18.5 Å². The maximum Gasteiger partial charge on any atom is 0.254 e. The molecule has 0 saturated carbocycles. The maximum absolute atomic E-state index is 12.0. The van der Waals surface area contributed by atoms with E-state index in [2.05, 4.69) is 33.3 Å². The molecule has 20 heavy (non-hydrogen) atoms. The van der Waals surface area contributed by atoms with Crippen molar-refractivity contribution in [2.24, 2.45) is 0 Å². The van der Waals surface area contributed by atoms with Gasteiger partial charge in [0.15, 0.2) is 0 Å². The molecule has 5 heteroatoms. The minimum Gasteiger partial charge on any atom is -0.351 e. The van der Waals surface area contributed by atoms with Crippen LogP contribution in [0.25, 0.3) is 5.69 Å². The Balaban J connectivity index is 1.97. The quantitative estimate of drug-likeness (QED) is 0.824. The van der Waals surface area contributed by atoms with E-state index in [0.29, 0.717) is 16.9 Å². The molecule has 0 fully saturated rings. The van der Waals surface area contributed by atoms with E-state index in [4.69, 9.17) is 0 Å². The Morgan fingerprint density at radius 1 is 1.40 bits per heavy atom. The van der Waals surface area contributed by atoms with Gasteiger partial charge >= 0.3 is 0 Å². The summed E-state index contributed by atoms with van der Waals surface area (Å²) in [6, 6.07) is 9.73. The molecule has 2 aromatic rings. The fourth-order valence-electron chi connectivity index (χ4n) is 1.88. The van der Waals surface area contributed by atoms with Gasteiger partial charge in [-0.3, -0.25) is 4.79 Å². The summed E-state index contributed by atoms with van der Waals surface area (Å²) in [4.78, 5) is 12.3. The maximum atomic E-state index is 12.0. The lowest BCUT2D eigenvalue weighted by Gasteiger charge is -2.08.